The van der Waals surface area contributed by atoms with Gasteiger partial charge in [-0.2, -0.15) is 0 Å². The second-order valence-corrected chi connectivity index (χ2v) is 5.97. The fourth-order valence-electron chi connectivity index (χ4n) is 1.84. The van der Waals surface area contributed by atoms with Crippen molar-refractivity contribution in [3.05, 3.63) is 51.0 Å². The van der Waals surface area contributed by atoms with E-state index in [-0.39, 0.29) is 33.0 Å². The van der Waals surface area contributed by atoms with Gasteiger partial charge in [-0.1, -0.05) is 34.8 Å². The SMILES string of the molecule is NC(Cc1cc(Cl)c(Oc2ccc(O)c(Cl)c2)c(Cl)c1)C(=O)O. The van der Waals surface area contributed by atoms with Gasteiger partial charge in [0.05, 0.1) is 15.1 Å². The molecular formula is C15H12Cl3NO4. The number of benzene rings is 2. The van der Waals surface area contributed by atoms with E-state index in [1.54, 1.807) is 0 Å². The number of carbonyl (C=O) groups is 1. The van der Waals surface area contributed by atoms with E-state index in [0.717, 1.165) is 0 Å². The molecule has 0 aliphatic carbocycles. The molecule has 122 valence electrons. The summed E-state index contributed by atoms with van der Waals surface area (Å²) in [4.78, 5) is 10.8. The molecule has 1 atom stereocenters. The van der Waals surface area contributed by atoms with E-state index < -0.39 is 12.0 Å². The monoisotopic (exact) mass is 375 g/mol. The van der Waals surface area contributed by atoms with Gasteiger partial charge in [0.2, 0.25) is 0 Å². The van der Waals surface area contributed by atoms with Crippen LogP contribution in [0.4, 0.5) is 0 Å². The summed E-state index contributed by atoms with van der Waals surface area (Å²) < 4.78 is 5.58. The number of rotatable bonds is 5. The van der Waals surface area contributed by atoms with E-state index in [2.05, 4.69) is 0 Å². The minimum atomic E-state index is -1.11. The molecule has 2 aromatic carbocycles. The first kappa shape index (κ1) is 17.7. The Kier molecular flexibility index (Phi) is 5.59. The highest BCUT2D eigenvalue weighted by molar-refractivity contribution is 6.37. The highest BCUT2D eigenvalue weighted by atomic mass is 35.5. The molecule has 0 aliphatic rings. The van der Waals surface area contributed by atoms with E-state index in [1.165, 1.54) is 30.3 Å². The first-order valence-corrected chi connectivity index (χ1v) is 7.54. The van der Waals surface area contributed by atoms with Crippen molar-refractivity contribution in [2.75, 3.05) is 0 Å². The maximum atomic E-state index is 10.8. The summed E-state index contributed by atoms with van der Waals surface area (Å²) >= 11 is 18.1. The Bertz CT molecular complexity index is 728. The summed E-state index contributed by atoms with van der Waals surface area (Å²) in [5.74, 6) is -0.653. The third-order valence-electron chi connectivity index (χ3n) is 2.97. The van der Waals surface area contributed by atoms with Gasteiger partial charge in [0.1, 0.15) is 17.5 Å². The maximum Gasteiger partial charge on any atom is 0.320 e. The van der Waals surface area contributed by atoms with Crippen LogP contribution < -0.4 is 10.5 Å². The van der Waals surface area contributed by atoms with Crippen molar-refractivity contribution in [2.45, 2.75) is 12.5 Å². The molecule has 0 bridgehead atoms. The molecular weight excluding hydrogens is 365 g/mol. The molecule has 23 heavy (non-hydrogen) atoms. The molecule has 0 heterocycles. The highest BCUT2D eigenvalue weighted by Gasteiger charge is 2.16. The molecule has 0 amide bonds. The van der Waals surface area contributed by atoms with Crippen molar-refractivity contribution >= 4 is 40.8 Å². The van der Waals surface area contributed by atoms with Crippen molar-refractivity contribution in [1.29, 1.82) is 0 Å². The summed E-state index contributed by atoms with van der Waals surface area (Å²) in [7, 11) is 0. The van der Waals surface area contributed by atoms with Crippen LogP contribution in [-0.4, -0.2) is 22.2 Å². The number of hydrogen-bond acceptors (Lipinski definition) is 4. The van der Waals surface area contributed by atoms with E-state index >= 15 is 0 Å². The predicted octanol–water partition coefficient (Wildman–Crippen LogP) is 4.10. The zero-order valence-electron chi connectivity index (χ0n) is 11.6. The van der Waals surface area contributed by atoms with Crippen LogP contribution in [-0.2, 0) is 11.2 Å². The minimum absolute atomic E-state index is 0.0748. The van der Waals surface area contributed by atoms with Gasteiger partial charge in [-0.05, 0) is 36.2 Å². The third kappa shape index (κ3) is 4.42. The lowest BCUT2D eigenvalue weighted by Gasteiger charge is -2.13. The number of phenolic OH excluding ortho intramolecular Hbond substituents is 1. The molecule has 0 aliphatic heterocycles. The first-order chi connectivity index (χ1) is 10.8. The van der Waals surface area contributed by atoms with Crippen LogP contribution in [0.2, 0.25) is 15.1 Å². The topological polar surface area (TPSA) is 92.8 Å². The van der Waals surface area contributed by atoms with Crippen LogP contribution in [0.3, 0.4) is 0 Å². The van der Waals surface area contributed by atoms with Gasteiger partial charge in [-0.3, -0.25) is 4.79 Å². The quantitative estimate of drug-likeness (QED) is 0.730. The molecule has 2 rings (SSSR count). The Hall–Kier alpha value is -1.66. The molecule has 0 fully saturated rings. The highest BCUT2D eigenvalue weighted by Crippen LogP contribution is 2.39. The Labute approximate surface area is 147 Å². The van der Waals surface area contributed by atoms with Crippen molar-refractivity contribution in [3.63, 3.8) is 0 Å². The second-order valence-electron chi connectivity index (χ2n) is 4.75. The van der Waals surface area contributed by atoms with Gasteiger partial charge < -0.3 is 20.7 Å². The summed E-state index contributed by atoms with van der Waals surface area (Å²) in [5.41, 5.74) is 6.06. The first-order valence-electron chi connectivity index (χ1n) is 6.40. The molecule has 0 aromatic heterocycles. The Balaban J connectivity index is 2.26. The number of carboxylic acid groups (broad SMARTS) is 1. The number of phenols is 1. The summed E-state index contributed by atoms with van der Waals surface area (Å²) in [5, 5.41) is 18.7. The average Bonchev–Trinajstić information content (AvgIpc) is 2.46. The number of halogens is 3. The standard InChI is InChI=1S/C15H12Cl3NO4/c16-9-6-8(1-2-13(9)20)23-14-10(17)3-7(4-11(14)18)5-12(19)15(21)22/h1-4,6,12,20H,5,19H2,(H,21,22). The fraction of sp³-hybridized carbons (Fsp3) is 0.133. The van der Waals surface area contributed by atoms with Crippen molar-refractivity contribution < 1.29 is 19.7 Å². The zero-order chi connectivity index (χ0) is 17.1. The molecule has 4 N–H and O–H groups in total. The fourth-order valence-corrected chi connectivity index (χ4v) is 2.62. The van der Waals surface area contributed by atoms with Gasteiger partial charge >= 0.3 is 5.97 Å². The van der Waals surface area contributed by atoms with Gasteiger partial charge in [0.15, 0.2) is 5.75 Å². The predicted molar refractivity (Wildman–Crippen MR) is 89.0 cm³/mol. The van der Waals surface area contributed by atoms with E-state index in [1.807, 2.05) is 0 Å². The zero-order valence-corrected chi connectivity index (χ0v) is 13.9. The summed E-state index contributed by atoms with van der Waals surface area (Å²) in [6.45, 7) is 0. The molecule has 0 spiro atoms. The van der Waals surface area contributed by atoms with Crippen LogP contribution in [0.25, 0.3) is 0 Å². The second kappa shape index (κ2) is 7.27. The lowest BCUT2D eigenvalue weighted by atomic mass is 10.1. The largest absolute Gasteiger partial charge is 0.506 e. The van der Waals surface area contributed by atoms with Crippen LogP contribution in [0.1, 0.15) is 5.56 Å². The number of nitrogens with two attached hydrogens (primary N) is 1. The van der Waals surface area contributed by atoms with Gasteiger partial charge in [0, 0.05) is 6.07 Å². The van der Waals surface area contributed by atoms with E-state index in [0.29, 0.717) is 11.3 Å². The molecule has 5 nitrogen and oxygen atoms in total. The molecule has 8 heteroatoms. The third-order valence-corrected chi connectivity index (χ3v) is 3.83. The Morgan fingerprint density at radius 1 is 1.13 bits per heavy atom. The Morgan fingerprint density at radius 3 is 2.26 bits per heavy atom. The van der Waals surface area contributed by atoms with Gasteiger partial charge in [0.25, 0.3) is 0 Å². The van der Waals surface area contributed by atoms with Crippen LogP contribution in [0.5, 0.6) is 17.2 Å². The molecule has 0 saturated heterocycles. The molecule has 1 unspecified atom stereocenters. The average molecular weight is 377 g/mol. The lowest BCUT2D eigenvalue weighted by Crippen LogP contribution is -2.32. The summed E-state index contributed by atoms with van der Waals surface area (Å²) in [6.07, 6.45) is 0.0834. The maximum absolute atomic E-state index is 10.8. The van der Waals surface area contributed by atoms with Crippen LogP contribution in [0, 0.1) is 0 Å². The van der Waals surface area contributed by atoms with Gasteiger partial charge in [-0.15, -0.1) is 0 Å². The Morgan fingerprint density at radius 2 is 1.74 bits per heavy atom. The molecule has 0 radical (unpaired) electrons. The number of carboxylic acids is 1. The van der Waals surface area contributed by atoms with E-state index in [9.17, 15) is 9.90 Å². The molecule has 0 saturated carbocycles. The smallest absolute Gasteiger partial charge is 0.320 e. The number of aromatic hydroxyl groups is 1. The summed E-state index contributed by atoms with van der Waals surface area (Å²) in [6, 6.07) is 6.31. The van der Waals surface area contributed by atoms with Crippen LogP contribution >= 0.6 is 34.8 Å². The normalized spacial score (nSPS) is 12.0. The van der Waals surface area contributed by atoms with Gasteiger partial charge in [-0.25, -0.2) is 0 Å². The van der Waals surface area contributed by atoms with Crippen molar-refractivity contribution in [2.24, 2.45) is 5.73 Å². The number of ether oxygens (including phenoxy) is 1. The van der Waals surface area contributed by atoms with Crippen molar-refractivity contribution in [3.8, 4) is 17.2 Å². The minimum Gasteiger partial charge on any atom is -0.506 e. The number of aliphatic carboxylic acids is 1. The van der Waals surface area contributed by atoms with Crippen molar-refractivity contribution in [1.82, 2.24) is 0 Å². The number of hydrogen-bond donors (Lipinski definition) is 3. The molecule has 2 aromatic rings. The lowest BCUT2D eigenvalue weighted by molar-refractivity contribution is -0.138. The van der Waals surface area contributed by atoms with E-state index in [4.69, 9.17) is 50.4 Å². The van der Waals surface area contributed by atoms with Crippen LogP contribution in [0.15, 0.2) is 30.3 Å².